The lowest BCUT2D eigenvalue weighted by molar-refractivity contribution is -0.704. The molecule has 21 heavy (non-hydrogen) atoms. The molecule has 4 heteroatoms. The number of hydrogen-bond donors (Lipinski definition) is 2. The van der Waals surface area contributed by atoms with E-state index >= 15 is 0 Å². The van der Waals surface area contributed by atoms with Gasteiger partial charge in [-0.1, -0.05) is 44.2 Å². The first-order chi connectivity index (χ1) is 9.99. The van der Waals surface area contributed by atoms with Crippen LogP contribution in [0.3, 0.4) is 0 Å². The van der Waals surface area contributed by atoms with Crippen LogP contribution in [0.4, 0.5) is 0 Å². The summed E-state index contributed by atoms with van der Waals surface area (Å²) in [5.41, 5.74) is 7.94. The number of quaternary nitrogens is 1. The minimum atomic E-state index is -0.282. The molecule has 0 bridgehead atoms. The van der Waals surface area contributed by atoms with Crippen LogP contribution in [-0.4, -0.2) is 11.9 Å². The Morgan fingerprint density at radius 2 is 1.71 bits per heavy atom. The van der Waals surface area contributed by atoms with Gasteiger partial charge in [-0.2, -0.15) is 0 Å². The maximum absolute atomic E-state index is 11.4. The van der Waals surface area contributed by atoms with Crippen LogP contribution in [0.5, 0.6) is 0 Å². The molecule has 0 aliphatic rings. The fraction of sp³-hybridized carbons (Fsp3) is 0.353. The first kappa shape index (κ1) is 15.7. The molecule has 0 aliphatic heterocycles. The van der Waals surface area contributed by atoms with Crippen molar-refractivity contribution in [1.82, 2.24) is 0 Å². The molecule has 1 aromatic heterocycles. The van der Waals surface area contributed by atoms with Gasteiger partial charge in [0.15, 0.2) is 6.04 Å². The van der Waals surface area contributed by atoms with Gasteiger partial charge in [0.05, 0.1) is 4.88 Å². The molecule has 3 nitrogen and oxygen atoms in total. The van der Waals surface area contributed by atoms with Crippen molar-refractivity contribution in [3.05, 3.63) is 57.8 Å². The van der Waals surface area contributed by atoms with Crippen LogP contribution in [0, 0.1) is 0 Å². The van der Waals surface area contributed by atoms with Crippen molar-refractivity contribution in [2.45, 2.75) is 38.8 Å². The van der Waals surface area contributed by atoms with Crippen molar-refractivity contribution < 1.29 is 10.1 Å². The van der Waals surface area contributed by atoms with Crippen molar-refractivity contribution in [2.24, 2.45) is 5.73 Å². The van der Waals surface area contributed by atoms with Crippen molar-refractivity contribution in [3.63, 3.8) is 0 Å². The lowest BCUT2D eigenvalue weighted by Crippen LogP contribution is -2.92. The van der Waals surface area contributed by atoms with Crippen LogP contribution in [0.15, 0.2) is 41.8 Å². The van der Waals surface area contributed by atoms with E-state index in [2.05, 4.69) is 49.6 Å². The van der Waals surface area contributed by atoms with Gasteiger partial charge in [0, 0.05) is 5.56 Å². The fourth-order valence-corrected chi connectivity index (χ4v) is 3.14. The molecular formula is C17H23N2OS+. The molecule has 1 amide bonds. The number of carbonyl (C=O) groups is 1. The summed E-state index contributed by atoms with van der Waals surface area (Å²) in [6, 6.07) is 12.7. The number of hydrogen-bond acceptors (Lipinski definition) is 2. The van der Waals surface area contributed by atoms with Gasteiger partial charge in [-0.3, -0.25) is 4.79 Å². The maximum atomic E-state index is 11.4. The number of thiophene rings is 1. The highest BCUT2D eigenvalue weighted by molar-refractivity contribution is 7.10. The zero-order chi connectivity index (χ0) is 15.4. The fourth-order valence-electron chi connectivity index (χ4n) is 2.31. The van der Waals surface area contributed by atoms with E-state index in [0.29, 0.717) is 5.92 Å². The van der Waals surface area contributed by atoms with Gasteiger partial charge in [0.1, 0.15) is 6.04 Å². The molecule has 1 heterocycles. The van der Waals surface area contributed by atoms with Crippen LogP contribution >= 0.6 is 11.3 Å². The Morgan fingerprint density at radius 3 is 2.19 bits per heavy atom. The van der Waals surface area contributed by atoms with Crippen LogP contribution in [-0.2, 0) is 4.79 Å². The van der Waals surface area contributed by atoms with Gasteiger partial charge in [0.25, 0.3) is 5.91 Å². The molecule has 112 valence electrons. The topological polar surface area (TPSA) is 59.7 Å². The quantitative estimate of drug-likeness (QED) is 0.846. The second kappa shape index (κ2) is 6.87. The van der Waals surface area contributed by atoms with Gasteiger partial charge in [-0.15, -0.1) is 11.3 Å². The molecule has 0 unspecified atom stereocenters. The Morgan fingerprint density at radius 1 is 1.10 bits per heavy atom. The third-order valence-corrected chi connectivity index (χ3v) is 4.70. The summed E-state index contributed by atoms with van der Waals surface area (Å²) in [5.74, 6) is 0.239. The molecule has 2 atom stereocenters. The zero-order valence-corrected chi connectivity index (χ0v) is 13.6. The largest absolute Gasteiger partial charge is 0.365 e. The van der Waals surface area contributed by atoms with E-state index in [1.54, 1.807) is 11.3 Å². The Kier molecular flexibility index (Phi) is 5.15. The summed E-state index contributed by atoms with van der Waals surface area (Å²) < 4.78 is 0. The summed E-state index contributed by atoms with van der Waals surface area (Å²) >= 11 is 1.71. The smallest absolute Gasteiger partial charge is 0.275 e. The predicted molar refractivity (Wildman–Crippen MR) is 87.3 cm³/mol. The first-order valence-electron chi connectivity index (χ1n) is 7.26. The Balaban J connectivity index is 2.29. The highest BCUT2D eigenvalue weighted by atomic mass is 32.1. The zero-order valence-electron chi connectivity index (χ0n) is 12.7. The number of primary amides is 1. The van der Waals surface area contributed by atoms with Gasteiger partial charge >= 0.3 is 0 Å². The molecule has 2 aromatic rings. The highest BCUT2D eigenvalue weighted by Gasteiger charge is 2.24. The van der Waals surface area contributed by atoms with Crippen LogP contribution in [0.25, 0.3) is 0 Å². The van der Waals surface area contributed by atoms with Gasteiger partial charge in [-0.25, -0.2) is 0 Å². The molecule has 0 radical (unpaired) electrons. The second-order valence-electron chi connectivity index (χ2n) is 5.70. The molecule has 0 fully saturated rings. The minimum Gasteiger partial charge on any atom is -0.365 e. The Bertz CT molecular complexity index is 575. The van der Waals surface area contributed by atoms with E-state index in [1.165, 1.54) is 16.0 Å². The SMILES string of the molecule is CC(C)c1ccc([C@@H]([NH2+][C@@H](C)C(N)=O)c2cccs2)cc1. The molecular weight excluding hydrogens is 280 g/mol. The number of amides is 1. The number of benzene rings is 1. The number of carbonyl (C=O) groups excluding carboxylic acids is 1. The van der Waals surface area contributed by atoms with Gasteiger partial charge < -0.3 is 11.1 Å². The summed E-state index contributed by atoms with van der Waals surface area (Å²) in [5, 5.41) is 4.10. The molecule has 1 aromatic carbocycles. The minimum absolute atomic E-state index is 0.119. The normalized spacial score (nSPS) is 14.1. The molecule has 0 saturated carbocycles. The third-order valence-electron chi connectivity index (χ3n) is 3.74. The Hall–Kier alpha value is -1.65. The molecule has 4 N–H and O–H groups in total. The van der Waals surface area contributed by atoms with E-state index in [0.717, 1.165) is 0 Å². The molecule has 0 aliphatic carbocycles. The average Bonchev–Trinajstić information content (AvgIpc) is 2.98. The third kappa shape index (κ3) is 3.93. The van der Waals surface area contributed by atoms with Crippen molar-refractivity contribution >= 4 is 17.2 Å². The Labute approximate surface area is 130 Å². The molecule has 2 rings (SSSR count). The van der Waals surface area contributed by atoms with Crippen LogP contribution in [0.1, 0.15) is 48.7 Å². The van der Waals surface area contributed by atoms with E-state index in [4.69, 9.17) is 5.73 Å². The highest BCUT2D eigenvalue weighted by Crippen LogP contribution is 2.24. The van der Waals surface area contributed by atoms with E-state index in [-0.39, 0.29) is 18.0 Å². The second-order valence-corrected chi connectivity index (χ2v) is 6.68. The summed E-state index contributed by atoms with van der Waals surface area (Å²) in [6.45, 7) is 6.23. The lowest BCUT2D eigenvalue weighted by atomic mass is 9.98. The van der Waals surface area contributed by atoms with Crippen molar-refractivity contribution in [3.8, 4) is 0 Å². The average molecular weight is 303 g/mol. The van der Waals surface area contributed by atoms with Gasteiger partial charge in [-0.05, 0) is 29.9 Å². The molecule has 0 saturated heterocycles. The van der Waals surface area contributed by atoms with Crippen LogP contribution in [0.2, 0.25) is 0 Å². The van der Waals surface area contributed by atoms with E-state index in [1.807, 2.05) is 18.3 Å². The predicted octanol–water partition coefficient (Wildman–Crippen LogP) is 2.40. The van der Waals surface area contributed by atoms with Crippen LogP contribution < -0.4 is 11.1 Å². The molecule has 0 spiro atoms. The number of rotatable bonds is 6. The lowest BCUT2D eigenvalue weighted by Gasteiger charge is -2.18. The summed E-state index contributed by atoms with van der Waals surface area (Å²) in [4.78, 5) is 12.6. The van der Waals surface area contributed by atoms with E-state index < -0.39 is 0 Å². The van der Waals surface area contributed by atoms with E-state index in [9.17, 15) is 4.79 Å². The summed E-state index contributed by atoms with van der Waals surface area (Å²) in [7, 11) is 0. The summed E-state index contributed by atoms with van der Waals surface area (Å²) in [6.07, 6.45) is 0. The standard InChI is InChI=1S/C17H22N2OS/c1-11(2)13-6-8-14(9-7-13)16(15-5-4-10-21-15)19-12(3)17(18)20/h4-12,16,19H,1-3H3,(H2,18,20)/p+1/t12-,16+/m0/s1. The first-order valence-corrected chi connectivity index (χ1v) is 8.14. The monoisotopic (exact) mass is 303 g/mol. The number of nitrogens with two attached hydrogens (primary N) is 2. The van der Waals surface area contributed by atoms with Gasteiger partial charge in [0.2, 0.25) is 0 Å². The van der Waals surface area contributed by atoms with Crippen molar-refractivity contribution in [2.75, 3.05) is 0 Å². The maximum Gasteiger partial charge on any atom is 0.275 e. The van der Waals surface area contributed by atoms with Crippen molar-refractivity contribution in [1.29, 1.82) is 0 Å².